The van der Waals surface area contributed by atoms with E-state index >= 15 is 0 Å². The summed E-state index contributed by atoms with van der Waals surface area (Å²) >= 11 is 4.27. The van der Waals surface area contributed by atoms with Gasteiger partial charge in [0.25, 0.3) is 0 Å². The predicted octanol–water partition coefficient (Wildman–Crippen LogP) is 2.15. The van der Waals surface area contributed by atoms with Crippen molar-refractivity contribution in [2.24, 2.45) is 11.3 Å². The molecule has 5 nitrogen and oxygen atoms in total. The minimum absolute atomic E-state index is 0.0562. The van der Waals surface area contributed by atoms with Gasteiger partial charge in [0, 0.05) is 24.6 Å². The van der Waals surface area contributed by atoms with Crippen LogP contribution in [0.4, 0.5) is 0 Å². The first-order valence-corrected chi connectivity index (χ1v) is 8.16. The van der Waals surface area contributed by atoms with E-state index in [4.69, 9.17) is 4.74 Å². The molecule has 126 valence electrons. The lowest BCUT2D eigenvalue weighted by molar-refractivity contribution is -0.118. The van der Waals surface area contributed by atoms with Crippen LogP contribution < -0.4 is 0 Å². The third-order valence-corrected chi connectivity index (χ3v) is 4.59. The Labute approximate surface area is 138 Å². The zero-order valence-corrected chi connectivity index (χ0v) is 14.5. The fourth-order valence-corrected chi connectivity index (χ4v) is 3.15. The fraction of sp³-hybridized carbons (Fsp3) is 0.688. The Kier molecular flexibility index (Phi) is 7.29. The van der Waals surface area contributed by atoms with E-state index in [-0.39, 0.29) is 17.8 Å². The van der Waals surface area contributed by atoms with Gasteiger partial charge in [-0.25, -0.2) is 0 Å². The highest BCUT2D eigenvalue weighted by Gasteiger charge is 2.53. The molecule has 0 aromatic rings. The lowest BCUT2D eigenvalue weighted by atomic mass is 10.0. The van der Waals surface area contributed by atoms with Crippen LogP contribution in [0, 0.1) is 11.3 Å². The van der Waals surface area contributed by atoms with E-state index in [2.05, 4.69) is 12.6 Å². The maximum atomic E-state index is 11.3. The van der Waals surface area contributed by atoms with E-state index in [1.807, 2.05) is 6.92 Å². The molecule has 6 heteroatoms. The van der Waals surface area contributed by atoms with E-state index in [1.54, 1.807) is 24.8 Å². The van der Waals surface area contributed by atoms with Gasteiger partial charge in [0.2, 0.25) is 6.41 Å². The number of hydrogen-bond acceptors (Lipinski definition) is 5. The first-order valence-electron chi connectivity index (χ1n) is 7.53. The number of nitrogens with zero attached hydrogens (tertiary/aromatic N) is 1. The molecule has 2 unspecified atom stereocenters. The number of carbonyl (C=O) groups excluding carboxylic acids is 1. The van der Waals surface area contributed by atoms with Crippen molar-refractivity contribution in [2.75, 3.05) is 32.1 Å². The quantitative estimate of drug-likeness (QED) is 0.249. The van der Waals surface area contributed by atoms with Crippen molar-refractivity contribution in [3.8, 4) is 0 Å². The van der Waals surface area contributed by atoms with Crippen LogP contribution in [0.2, 0.25) is 0 Å². The zero-order valence-electron chi connectivity index (χ0n) is 13.6. The maximum Gasteiger partial charge on any atom is 0.210 e. The van der Waals surface area contributed by atoms with Crippen LogP contribution in [0.25, 0.3) is 0 Å². The van der Waals surface area contributed by atoms with Crippen LogP contribution in [0.5, 0.6) is 0 Å². The van der Waals surface area contributed by atoms with Gasteiger partial charge in [0.15, 0.2) is 0 Å². The Morgan fingerprint density at radius 1 is 1.50 bits per heavy atom. The predicted molar refractivity (Wildman–Crippen MR) is 89.8 cm³/mol. The van der Waals surface area contributed by atoms with Gasteiger partial charge in [-0.2, -0.15) is 12.6 Å². The topological polar surface area (TPSA) is 70.0 Å². The van der Waals surface area contributed by atoms with E-state index in [1.165, 1.54) is 0 Å². The molecule has 1 aliphatic rings. The van der Waals surface area contributed by atoms with E-state index in [0.29, 0.717) is 42.7 Å². The Morgan fingerprint density at radius 3 is 2.64 bits per heavy atom. The van der Waals surface area contributed by atoms with Gasteiger partial charge in [-0.1, -0.05) is 0 Å². The van der Waals surface area contributed by atoms with Crippen molar-refractivity contribution < 1.29 is 19.7 Å². The van der Waals surface area contributed by atoms with Gasteiger partial charge >= 0.3 is 0 Å². The van der Waals surface area contributed by atoms with Crippen LogP contribution in [0.3, 0.4) is 0 Å². The number of amides is 1. The molecular formula is C16H27NO4S. The van der Waals surface area contributed by atoms with Gasteiger partial charge in [-0.3, -0.25) is 4.79 Å². The highest BCUT2D eigenvalue weighted by molar-refractivity contribution is 7.80. The lowest BCUT2D eigenvalue weighted by Gasteiger charge is -2.24. The molecule has 0 bridgehead atoms. The molecule has 0 saturated heterocycles. The summed E-state index contributed by atoms with van der Waals surface area (Å²) in [7, 11) is 0. The number of carbonyl (C=O) groups is 1. The maximum absolute atomic E-state index is 11.3. The Hall–Kier alpha value is -1.14. The average molecular weight is 329 g/mol. The second-order valence-corrected chi connectivity index (χ2v) is 6.33. The summed E-state index contributed by atoms with van der Waals surface area (Å²) in [5.74, 6) is 1.80. The molecular weight excluding hydrogens is 302 g/mol. The van der Waals surface area contributed by atoms with Crippen molar-refractivity contribution >= 4 is 19.0 Å². The van der Waals surface area contributed by atoms with Crippen LogP contribution in [-0.4, -0.2) is 53.6 Å². The van der Waals surface area contributed by atoms with Crippen molar-refractivity contribution in [3.63, 3.8) is 0 Å². The van der Waals surface area contributed by atoms with Gasteiger partial charge in [0.05, 0.1) is 19.0 Å². The summed E-state index contributed by atoms with van der Waals surface area (Å²) in [6, 6.07) is 0. The number of allylic oxidation sites excluding steroid dienone is 2. The third kappa shape index (κ3) is 4.95. The Morgan fingerprint density at radius 2 is 2.18 bits per heavy atom. The first kappa shape index (κ1) is 18.9. The van der Waals surface area contributed by atoms with E-state index < -0.39 is 0 Å². The van der Waals surface area contributed by atoms with E-state index in [0.717, 1.165) is 12.8 Å². The minimum atomic E-state index is -0.227. The highest BCUT2D eigenvalue weighted by Crippen LogP contribution is 2.53. The smallest absolute Gasteiger partial charge is 0.210 e. The summed E-state index contributed by atoms with van der Waals surface area (Å²) < 4.78 is 5.27. The summed E-state index contributed by atoms with van der Waals surface area (Å²) in [5.41, 5.74) is 0.456. The van der Waals surface area contributed by atoms with Crippen molar-refractivity contribution in [3.05, 3.63) is 23.2 Å². The van der Waals surface area contributed by atoms with Gasteiger partial charge in [-0.15, -0.1) is 0 Å². The molecule has 22 heavy (non-hydrogen) atoms. The van der Waals surface area contributed by atoms with E-state index in [9.17, 15) is 15.0 Å². The molecule has 2 atom stereocenters. The molecule has 1 rings (SSSR count). The molecule has 0 aromatic heterocycles. The molecule has 0 radical (unpaired) electrons. The van der Waals surface area contributed by atoms with Crippen molar-refractivity contribution in [1.29, 1.82) is 0 Å². The highest BCUT2D eigenvalue weighted by atomic mass is 32.1. The van der Waals surface area contributed by atoms with Gasteiger partial charge in [-0.05, 0) is 44.4 Å². The molecule has 0 aromatic carbocycles. The minimum Gasteiger partial charge on any atom is -0.508 e. The number of aliphatic hydroxyl groups excluding tert-OH is 2. The van der Waals surface area contributed by atoms with Crippen LogP contribution in [0.1, 0.15) is 27.2 Å². The van der Waals surface area contributed by atoms with Crippen LogP contribution in [0.15, 0.2) is 23.2 Å². The van der Waals surface area contributed by atoms with Crippen LogP contribution in [-0.2, 0) is 9.53 Å². The molecule has 0 heterocycles. The fourth-order valence-electron chi connectivity index (χ4n) is 2.63. The van der Waals surface area contributed by atoms with Crippen LogP contribution >= 0.6 is 12.6 Å². The summed E-state index contributed by atoms with van der Waals surface area (Å²) in [4.78, 5) is 12.9. The summed E-state index contributed by atoms with van der Waals surface area (Å²) in [5, 5.41) is 19.6. The number of hydrogen-bond donors (Lipinski definition) is 3. The molecule has 1 aliphatic carbocycles. The van der Waals surface area contributed by atoms with Crippen molar-refractivity contribution in [1.82, 2.24) is 4.90 Å². The molecule has 1 amide bonds. The lowest BCUT2D eigenvalue weighted by Crippen LogP contribution is -2.34. The monoisotopic (exact) mass is 329 g/mol. The molecule has 1 fully saturated rings. The standard InChI is InChI=1S/C16H27NO4S/c1-4-21-13(3)5-15(20)12(2)7-17(11-19)9-16(10-18)6-14(16)8-22/h5,11,14,18,20,22H,4,6-10H2,1-3H3/b13-5+,15-12-. The van der Waals surface area contributed by atoms with Gasteiger partial charge < -0.3 is 19.8 Å². The Balaban J connectivity index is 2.69. The average Bonchev–Trinajstić information content (AvgIpc) is 3.20. The summed E-state index contributed by atoms with van der Waals surface area (Å²) in [6.45, 7) is 6.83. The molecule has 0 spiro atoms. The second kappa shape index (κ2) is 8.48. The number of thiol groups is 1. The normalized spacial score (nSPS) is 25.5. The molecule has 1 saturated carbocycles. The third-order valence-electron chi connectivity index (χ3n) is 4.15. The number of ether oxygens (including phenoxy) is 1. The zero-order chi connectivity index (χ0) is 16.8. The molecule has 0 aliphatic heterocycles. The largest absolute Gasteiger partial charge is 0.508 e. The SMILES string of the molecule is CCO/C(C)=C/C(O)=C(\C)CN(C=O)CC1(CO)CC1CS. The second-order valence-electron chi connectivity index (χ2n) is 5.97. The Bertz CT molecular complexity index is 449. The number of aliphatic hydroxyl groups is 2. The number of rotatable bonds is 10. The van der Waals surface area contributed by atoms with Gasteiger partial charge in [0.1, 0.15) is 5.76 Å². The molecule has 2 N–H and O–H groups in total. The summed E-state index contributed by atoms with van der Waals surface area (Å²) in [6.07, 6.45) is 3.20. The van der Waals surface area contributed by atoms with Crippen molar-refractivity contribution in [2.45, 2.75) is 27.2 Å². The first-order chi connectivity index (χ1) is 10.4.